The Kier molecular flexibility index (Phi) is 2.44. The second kappa shape index (κ2) is 3.74. The van der Waals surface area contributed by atoms with Crippen molar-refractivity contribution in [3.05, 3.63) is 24.5 Å². The summed E-state index contributed by atoms with van der Waals surface area (Å²) < 4.78 is 7.53. The summed E-state index contributed by atoms with van der Waals surface area (Å²) in [5.41, 5.74) is 0. The second-order valence-corrected chi connectivity index (χ2v) is 3.11. The first kappa shape index (κ1) is 7.83. The van der Waals surface area contributed by atoms with Crippen LogP contribution in [0.2, 0.25) is 0 Å². The van der Waals surface area contributed by atoms with E-state index in [9.17, 15) is 0 Å². The predicted molar refractivity (Wildman–Crippen MR) is 47.0 cm³/mol. The van der Waals surface area contributed by atoms with E-state index in [0.29, 0.717) is 6.04 Å². The molecule has 12 heavy (non-hydrogen) atoms. The van der Waals surface area contributed by atoms with Crippen LogP contribution in [0.15, 0.2) is 24.5 Å². The molecule has 0 amide bonds. The molecule has 3 heteroatoms. The Labute approximate surface area is 72.3 Å². The summed E-state index contributed by atoms with van der Waals surface area (Å²) >= 11 is 0. The van der Waals surface area contributed by atoms with Crippen LogP contribution < -0.4 is 5.32 Å². The Morgan fingerprint density at radius 3 is 2.92 bits per heavy atom. The summed E-state index contributed by atoms with van der Waals surface area (Å²) in [6.07, 6.45) is 4.16. The van der Waals surface area contributed by atoms with Crippen LogP contribution >= 0.6 is 0 Å². The van der Waals surface area contributed by atoms with Gasteiger partial charge in [0.05, 0.1) is 13.2 Å². The molecule has 0 spiro atoms. The van der Waals surface area contributed by atoms with Crippen molar-refractivity contribution in [3.63, 3.8) is 0 Å². The molecule has 1 N–H and O–H groups in total. The fraction of sp³-hybridized carbons (Fsp3) is 0.556. The number of aromatic nitrogens is 1. The van der Waals surface area contributed by atoms with Crippen molar-refractivity contribution in [2.45, 2.75) is 12.6 Å². The van der Waals surface area contributed by atoms with E-state index in [0.717, 1.165) is 26.3 Å². The Bertz CT molecular complexity index is 214. The number of morpholine rings is 1. The van der Waals surface area contributed by atoms with Crippen molar-refractivity contribution in [2.75, 3.05) is 19.8 Å². The van der Waals surface area contributed by atoms with Crippen molar-refractivity contribution in [3.8, 4) is 0 Å². The molecule has 2 heterocycles. The summed E-state index contributed by atoms with van der Waals surface area (Å²) in [5, 5.41) is 3.41. The van der Waals surface area contributed by atoms with Crippen molar-refractivity contribution in [1.82, 2.24) is 9.88 Å². The normalized spacial score (nSPS) is 24.2. The number of rotatable bonds is 2. The third-order valence-corrected chi connectivity index (χ3v) is 2.10. The van der Waals surface area contributed by atoms with Crippen LogP contribution in [0.25, 0.3) is 0 Å². The molecular weight excluding hydrogens is 152 g/mol. The van der Waals surface area contributed by atoms with Crippen LogP contribution in [0.5, 0.6) is 0 Å². The van der Waals surface area contributed by atoms with Gasteiger partial charge in [-0.3, -0.25) is 0 Å². The van der Waals surface area contributed by atoms with Crippen LogP contribution in [0.4, 0.5) is 0 Å². The first-order valence-corrected chi connectivity index (χ1v) is 4.37. The maximum absolute atomic E-state index is 5.36. The molecule has 0 aliphatic carbocycles. The zero-order valence-corrected chi connectivity index (χ0v) is 7.07. The fourth-order valence-corrected chi connectivity index (χ4v) is 1.48. The molecule has 1 atom stereocenters. The van der Waals surface area contributed by atoms with Gasteiger partial charge in [0.2, 0.25) is 0 Å². The standard InChI is InChI=1S/C9H14N2O/c1-2-5-11(4-1)7-9-8-12-6-3-10-9/h1-2,4-5,9-10H,3,6-8H2. The summed E-state index contributed by atoms with van der Waals surface area (Å²) in [6.45, 7) is 3.67. The van der Waals surface area contributed by atoms with Crippen LogP contribution in [0.3, 0.4) is 0 Å². The van der Waals surface area contributed by atoms with E-state index in [4.69, 9.17) is 4.74 Å². The van der Waals surface area contributed by atoms with Gasteiger partial charge in [0.25, 0.3) is 0 Å². The minimum atomic E-state index is 0.478. The quantitative estimate of drug-likeness (QED) is 0.691. The van der Waals surface area contributed by atoms with Gasteiger partial charge < -0.3 is 14.6 Å². The first-order chi connectivity index (χ1) is 5.95. The summed E-state index contributed by atoms with van der Waals surface area (Å²) in [5.74, 6) is 0. The molecule has 3 nitrogen and oxygen atoms in total. The SMILES string of the molecule is c1ccn(CC2COCCN2)c1. The lowest BCUT2D eigenvalue weighted by molar-refractivity contribution is 0.0714. The van der Waals surface area contributed by atoms with Gasteiger partial charge in [0, 0.05) is 31.5 Å². The summed E-state index contributed by atoms with van der Waals surface area (Å²) in [7, 11) is 0. The minimum Gasteiger partial charge on any atom is -0.378 e. The minimum absolute atomic E-state index is 0.478. The highest BCUT2D eigenvalue weighted by Gasteiger charge is 2.12. The highest BCUT2D eigenvalue weighted by molar-refractivity contribution is 4.91. The number of nitrogens with one attached hydrogen (secondary N) is 1. The molecule has 0 radical (unpaired) electrons. The number of ether oxygens (including phenoxy) is 1. The predicted octanol–water partition coefficient (Wildman–Crippen LogP) is 0.476. The highest BCUT2D eigenvalue weighted by atomic mass is 16.5. The van der Waals surface area contributed by atoms with Crippen LogP contribution in [-0.2, 0) is 11.3 Å². The van der Waals surface area contributed by atoms with Crippen molar-refractivity contribution in [2.24, 2.45) is 0 Å². The Hall–Kier alpha value is -0.800. The van der Waals surface area contributed by atoms with Crippen molar-refractivity contribution >= 4 is 0 Å². The zero-order valence-electron chi connectivity index (χ0n) is 7.07. The van der Waals surface area contributed by atoms with E-state index >= 15 is 0 Å². The fourth-order valence-electron chi connectivity index (χ4n) is 1.48. The van der Waals surface area contributed by atoms with Gasteiger partial charge in [0.15, 0.2) is 0 Å². The molecule has 1 aliphatic heterocycles. The van der Waals surface area contributed by atoms with E-state index in [1.54, 1.807) is 0 Å². The van der Waals surface area contributed by atoms with Crippen LogP contribution in [0.1, 0.15) is 0 Å². The molecule has 0 saturated carbocycles. The topological polar surface area (TPSA) is 26.2 Å². The van der Waals surface area contributed by atoms with Crippen LogP contribution in [0, 0.1) is 0 Å². The largest absolute Gasteiger partial charge is 0.378 e. The average Bonchev–Trinajstić information content (AvgIpc) is 2.59. The smallest absolute Gasteiger partial charge is 0.0637 e. The maximum atomic E-state index is 5.36. The first-order valence-electron chi connectivity index (χ1n) is 4.37. The van der Waals surface area contributed by atoms with E-state index in [2.05, 4.69) is 22.3 Å². The Morgan fingerprint density at radius 2 is 2.25 bits per heavy atom. The van der Waals surface area contributed by atoms with E-state index in [1.165, 1.54) is 0 Å². The molecule has 1 aliphatic rings. The van der Waals surface area contributed by atoms with Gasteiger partial charge in [0.1, 0.15) is 0 Å². The lowest BCUT2D eigenvalue weighted by Gasteiger charge is -2.24. The summed E-state index contributed by atoms with van der Waals surface area (Å²) in [4.78, 5) is 0. The molecule has 1 fully saturated rings. The third kappa shape index (κ3) is 1.87. The molecule has 1 saturated heterocycles. The molecular formula is C9H14N2O. The van der Waals surface area contributed by atoms with Crippen molar-refractivity contribution in [1.29, 1.82) is 0 Å². The van der Waals surface area contributed by atoms with Gasteiger partial charge in [-0.05, 0) is 12.1 Å². The number of nitrogens with zero attached hydrogens (tertiary/aromatic N) is 1. The van der Waals surface area contributed by atoms with E-state index < -0.39 is 0 Å². The van der Waals surface area contributed by atoms with E-state index in [1.807, 2.05) is 12.1 Å². The van der Waals surface area contributed by atoms with Gasteiger partial charge in [-0.15, -0.1) is 0 Å². The monoisotopic (exact) mass is 166 g/mol. The third-order valence-electron chi connectivity index (χ3n) is 2.10. The molecule has 2 rings (SSSR count). The number of hydrogen-bond donors (Lipinski definition) is 1. The molecule has 66 valence electrons. The van der Waals surface area contributed by atoms with Gasteiger partial charge >= 0.3 is 0 Å². The van der Waals surface area contributed by atoms with E-state index in [-0.39, 0.29) is 0 Å². The number of hydrogen-bond acceptors (Lipinski definition) is 2. The molecule has 0 aromatic carbocycles. The Morgan fingerprint density at radius 1 is 1.42 bits per heavy atom. The zero-order chi connectivity index (χ0) is 8.23. The summed E-state index contributed by atoms with van der Waals surface area (Å²) in [6, 6.07) is 4.57. The van der Waals surface area contributed by atoms with Gasteiger partial charge in [-0.25, -0.2) is 0 Å². The average molecular weight is 166 g/mol. The van der Waals surface area contributed by atoms with Gasteiger partial charge in [-0.1, -0.05) is 0 Å². The Balaban J connectivity index is 1.86. The van der Waals surface area contributed by atoms with Crippen LogP contribution in [-0.4, -0.2) is 30.4 Å². The lowest BCUT2D eigenvalue weighted by Crippen LogP contribution is -2.43. The maximum Gasteiger partial charge on any atom is 0.0637 e. The highest BCUT2D eigenvalue weighted by Crippen LogP contribution is 1.98. The van der Waals surface area contributed by atoms with Crippen molar-refractivity contribution < 1.29 is 4.74 Å². The second-order valence-electron chi connectivity index (χ2n) is 3.11. The molecule has 1 aromatic rings. The lowest BCUT2D eigenvalue weighted by atomic mass is 10.3. The molecule has 1 unspecified atom stereocenters. The van der Waals surface area contributed by atoms with Gasteiger partial charge in [-0.2, -0.15) is 0 Å². The molecule has 1 aromatic heterocycles. The molecule has 0 bridgehead atoms.